The molecule has 0 spiro atoms. The first kappa shape index (κ1) is 17.0. The molecule has 0 fully saturated rings. The largest absolute Gasteiger partial charge is 0.507 e. The number of hydrogen-bond donors (Lipinski definition) is 3. The van der Waals surface area contributed by atoms with Crippen molar-refractivity contribution in [3.8, 4) is 22.6 Å². The Morgan fingerprint density at radius 2 is 1.52 bits per heavy atom. The van der Waals surface area contributed by atoms with E-state index in [9.17, 15) is 19.7 Å². The minimum absolute atomic E-state index is 0.00934. The molecule has 0 atom stereocenters. The molecule has 2 aromatic rings. The molecule has 2 aromatic carbocycles. The Morgan fingerprint density at radius 3 is 2.04 bits per heavy atom. The van der Waals surface area contributed by atoms with Crippen LogP contribution in [0.2, 0.25) is 0 Å². The lowest BCUT2D eigenvalue weighted by Crippen LogP contribution is -2.13. The molecule has 2 rings (SSSR count). The van der Waals surface area contributed by atoms with Crippen LogP contribution in [-0.2, 0) is 0 Å². The molecule has 0 amide bonds. The van der Waals surface area contributed by atoms with Gasteiger partial charge in [-0.1, -0.05) is 24.3 Å². The van der Waals surface area contributed by atoms with E-state index >= 15 is 0 Å². The van der Waals surface area contributed by atoms with Gasteiger partial charge in [0.05, 0.1) is 5.60 Å². The number of halogens is 1. The second-order valence-corrected chi connectivity index (χ2v) is 6.23. The summed E-state index contributed by atoms with van der Waals surface area (Å²) in [5, 5.41) is 30.8. The van der Waals surface area contributed by atoms with Crippen LogP contribution < -0.4 is 0 Å². The lowest BCUT2D eigenvalue weighted by Gasteiger charge is -2.17. The second kappa shape index (κ2) is 6.05. The van der Waals surface area contributed by atoms with E-state index in [2.05, 4.69) is 0 Å². The van der Waals surface area contributed by atoms with Crippen molar-refractivity contribution in [3.63, 3.8) is 0 Å². The number of phenols is 2. The van der Waals surface area contributed by atoms with Gasteiger partial charge in [-0.25, -0.2) is 4.39 Å². The average molecular weight is 316 g/mol. The van der Waals surface area contributed by atoms with E-state index in [1.807, 2.05) is 0 Å². The quantitative estimate of drug-likeness (QED) is 0.740. The van der Waals surface area contributed by atoms with E-state index in [0.29, 0.717) is 27.8 Å². The van der Waals surface area contributed by atoms with Crippen molar-refractivity contribution in [2.24, 2.45) is 0 Å². The van der Waals surface area contributed by atoms with Crippen molar-refractivity contribution in [1.82, 2.24) is 0 Å². The van der Waals surface area contributed by atoms with Gasteiger partial charge in [-0.2, -0.15) is 0 Å². The molecular formula is C19H21FO3. The first-order valence-electron chi connectivity index (χ1n) is 7.34. The van der Waals surface area contributed by atoms with Crippen molar-refractivity contribution in [2.75, 3.05) is 0 Å². The van der Waals surface area contributed by atoms with Crippen molar-refractivity contribution < 1.29 is 19.7 Å². The van der Waals surface area contributed by atoms with Gasteiger partial charge in [-0.05, 0) is 45.4 Å². The van der Waals surface area contributed by atoms with E-state index < -0.39 is 5.60 Å². The molecular weight excluding hydrogens is 295 g/mol. The summed E-state index contributed by atoms with van der Waals surface area (Å²) in [4.78, 5) is 0. The molecule has 0 aromatic heterocycles. The van der Waals surface area contributed by atoms with Crippen LogP contribution in [-0.4, -0.2) is 20.9 Å². The Labute approximate surface area is 135 Å². The molecule has 0 heterocycles. The van der Waals surface area contributed by atoms with E-state index in [0.717, 1.165) is 0 Å². The van der Waals surface area contributed by atoms with Gasteiger partial charge in [-0.3, -0.25) is 0 Å². The zero-order chi connectivity index (χ0) is 17.4. The predicted octanol–water partition coefficient (Wildman–Crippen LogP) is 4.30. The van der Waals surface area contributed by atoms with E-state index in [4.69, 9.17) is 0 Å². The van der Waals surface area contributed by atoms with Crippen molar-refractivity contribution in [3.05, 3.63) is 52.8 Å². The maximum Gasteiger partial charge on any atom is 0.131 e. The normalized spacial score (nSPS) is 12.1. The minimum Gasteiger partial charge on any atom is -0.507 e. The number of aliphatic hydroxyl groups is 1. The summed E-state index contributed by atoms with van der Waals surface area (Å²) in [5.41, 5.74) is 1.47. The fourth-order valence-corrected chi connectivity index (χ4v) is 2.48. The summed E-state index contributed by atoms with van der Waals surface area (Å²) < 4.78 is 13.1. The SMILES string of the molecule is Cc1c(O)c(C)c(-c2ccc(F)cc2)c(O)c1C=CC(C)(C)O. The topological polar surface area (TPSA) is 60.7 Å². The molecule has 0 unspecified atom stereocenters. The molecule has 3 nitrogen and oxygen atoms in total. The highest BCUT2D eigenvalue weighted by Gasteiger charge is 2.19. The highest BCUT2D eigenvalue weighted by Crippen LogP contribution is 2.43. The molecule has 0 radical (unpaired) electrons. The van der Waals surface area contributed by atoms with Crippen LogP contribution >= 0.6 is 0 Å². The highest BCUT2D eigenvalue weighted by atomic mass is 19.1. The minimum atomic E-state index is -1.05. The first-order chi connectivity index (χ1) is 10.6. The third-order valence-electron chi connectivity index (χ3n) is 3.77. The smallest absolute Gasteiger partial charge is 0.131 e. The van der Waals surface area contributed by atoms with Gasteiger partial charge in [0.2, 0.25) is 0 Å². The van der Waals surface area contributed by atoms with Crippen molar-refractivity contribution >= 4 is 6.08 Å². The Kier molecular flexibility index (Phi) is 4.48. The Morgan fingerprint density at radius 1 is 0.957 bits per heavy atom. The molecule has 0 saturated heterocycles. The standard InChI is InChI=1S/C19H21FO3/c1-11-15(9-10-19(3,4)23)18(22)16(12(2)17(11)21)13-5-7-14(20)8-6-13/h5-10,21-23H,1-4H3. The van der Waals surface area contributed by atoms with Crippen LogP contribution in [0.3, 0.4) is 0 Å². The van der Waals surface area contributed by atoms with E-state index in [1.165, 1.54) is 18.2 Å². The van der Waals surface area contributed by atoms with Crippen LogP contribution in [0.15, 0.2) is 30.3 Å². The Bertz CT molecular complexity index is 754. The monoisotopic (exact) mass is 316 g/mol. The predicted molar refractivity (Wildman–Crippen MR) is 90.0 cm³/mol. The van der Waals surface area contributed by atoms with E-state index in [-0.39, 0.29) is 17.3 Å². The van der Waals surface area contributed by atoms with Crippen LogP contribution in [0.1, 0.15) is 30.5 Å². The lowest BCUT2D eigenvalue weighted by atomic mass is 9.91. The number of benzene rings is 2. The summed E-state index contributed by atoms with van der Waals surface area (Å²) in [7, 11) is 0. The van der Waals surface area contributed by atoms with Crippen molar-refractivity contribution in [1.29, 1.82) is 0 Å². The van der Waals surface area contributed by atoms with Crippen LogP contribution in [0.4, 0.5) is 4.39 Å². The maximum atomic E-state index is 13.1. The average Bonchev–Trinajstić information content (AvgIpc) is 2.46. The van der Waals surface area contributed by atoms with Gasteiger partial charge in [0, 0.05) is 22.3 Å². The molecule has 0 aliphatic carbocycles. The maximum absolute atomic E-state index is 13.1. The van der Waals surface area contributed by atoms with E-state index in [1.54, 1.807) is 45.9 Å². The molecule has 0 aliphatic heterocycles. The van der Waals surface area contributed by atoms with Crippen LogP contribution in [0.25, 0.3) is 17.2 Å². The van der Waals surface area contributed by atoms with Crippen LogP contribution in [0, 0.1) is 19.7 Å². The zero-order valence-electron chi connectivity index (χ0n) is 13.7. The summed E-state index contributed by atoms with van der Waals surface area (Å²) >= 11 is 0. The van der Waals surface area contributed by atoms with Gasteiger partial charge in [0.25, 0.3) is 0 Å². The van der Waals surface area contributed by atoms with Gasteiger partial charge in [-0.15, -0.1) is 0 Å². The molecule has 0 saturated carbocycles. The Hall–Kier alpha value is -2.33. The van der Waals surface area contributed by atoms with Gasteiger partial charge in [0.1, 0.15) is 17.3 Å². The van der Waals surface area contributed by atoms with Gasteiger partial charge in [0.15, 0.2) is 0 Å². The zero-order valence-corrected chi connectivity index (χ0v) is 13.7. The lowest BCUT2D eigenvalue weighted by molar-refractivity contribution is 0.134. The van der Waals surface area contributed by atoms with Crippen molar-refractivity contribution in [2.45, 2.75) is 33.3 Å². The number of rotatable bonds is 3. The number of hydrogen-bond acceptors (Lipinski definition) is 3. The molecule has 4 heteroatoms. The fraction of sp³-hybridized carbons (Fsp3) is 0.263. The summed E-state index contributed by atoms with van der Waals surface area (Å²) in [6, 6.07) is 5.71. The molecule has 0 bridgehead atoms. The second-order valence-electron chi connectivity index (χ2n) is 6.23. The van der Waals surface area contributed by atoms with Gasteiger partial charge < -0.3 is 15.3 Å². The molecule has 122 valence electrons. The number of phenolic OH excluding ortho intramolecular Hbond substituents is 2. The summed E-state index contributed by atoms with van der Waals surface area (Å²) in [5.74, 6) is -0.313. The third-order valence-corrected chi connectivity index (χ3v) is 3.77. The van der Waals surface area contributed by atoms with Gasteiger partial charge >= 0.3 is 0 Å². The highest BCUT2D eigenvalue weighted by molar-refractivity contribution is 5.83. The van der Waals surface area contributed by atoms with Crippen LogP contribution in [0.5, 0.6) is 11.5 Å². The molecule has 3 N–H and O–H groups in total. The fourth-order valence-electron chi connectivity index (χ4n) is 2.48. The molecule has 23 heavy (non-hydrogen) atoms. The molecule has 0 aliphatic rings. The first-order valence-corrected chi connectivity index (χ1v) is 7.34. The Balaban J connectivity index is 2.71. The summed E-state index contributed by atoms with van der Waals surface area (Å²) in [6.07, 6.45) is 3.12. The third kappa shape index (κ3) is 3.54. The summed E-state index contributed by atoms with van der Waals surface area (Å²) in [6.45, 7) is 6.63. The number of aromatic hydroxyl groups is 2.